The van der Waals surface area contributed by atoms with Crippen molar-refractivity contribution in [3.05, 3.63) is 25.3 Å². The quantitative estimate of drug-likeness (QED) is 0.446. The third kappa shape index (κ3) is 7.31. The van der Waals surface area contributed by atoms with Crippen molar-refractivity contribution in [2.75, 3.05) is 13.2 Å². The fourth-order valence-electron chi connectivity index (χ4n) is 1.14. The molecule has 2 unspecified atom stereocenters. The molecule has 0 amide bonds. The van der Waals surface area contributed by atoms with E-state index in [2.05, 4.69) is 32.3 Å². The predicted octanol–water partition coefficient (Wildman–Crippen LogP) is 2.45. The first-order chi connectivity index (χ1) is 7.28. The smallest absolute Gasteiger partial charge is 0.110 e. The first-order valence-corrected chi connectivity index (χ1v) is 5.49. The van der Waals surface area contributed by atoms with Gasteiger partial charge >= 0.3 is 0 Å². The Balaban J connectivity index is 3.87. The molecular formula is C12H23NO2. The van der Waals surface area contributed by atoms with E-state index in [1.54, 1.807) is 12.2 Å². The van der Waals surface area contributed by atoms with E-state index in [0.717, 1.165) is 12.8 Å². The minimum Gasteiger partial charge on any atom is -0.359 e. The second-order valence-corrected chi connectivity index (χ2v) is 3.20. The summed E-state index contributed by atoms with van der Waals surface area (Å²) in [7, 11) is 0. The number of ether oxygens (including phenoxy) is 2. The molecule has 0 aliphatic carbocycles. The molecule has 0 aliphatic heterocycles. The third-order valence-corrected chi connectivity index (χ3v) is 1.94. The van der Waals surface area contributed by atoms with Crippen molar-refractivity contribution >= 4 is 0 Å². The molecule has 3 heteroatoms. The summed E-state index contributed by atoms with van der Waals surface area (Å²) in [6, 6.07) is 0. The van der Waals surface area contributed by atoms with Gasteiger partial charge in [-0.15, -0.1) is 13.2 Å². The predicted molar refractivity (Wildman–Crippen MR) is 63.6 cm³/mol. The summed E-state index contributed by atoms with van der Waals surface area (Å²) in [5, 5.41) is 3.28. The van der Waals surface area contributed by atoms with Gasteiger partial charge in [-0.3, -0.25) is 5.32 Å². The van der Waals surface area contributed by atoms with Crippen LogP contribution in [0.2, 0.25) is 0 Å². The van der Waals surface area contributed by atoms with Crippen LogP contribution in [0.15, 0.2) is 25.3 Å². The van der Waals surface area contributed by atoms with Gasteiger partial charge < -0.3 is 9.47 Å². The topological polar surface area (TPSA) is 30.5 Å². The van der Waals surface area contributed by atoms with Gasteiger partial charge in [-0.25, -0.2) is 0 Å². The molecule has 0 fully saturated rings. The van der Waals surface area contributed by atoms with Gasteiger partial charge in [0.25, 0.3) is 0 Å². The van der Waals surface area contributed by atoms with Gasteiger partial charge in [0.15, 0.2) is 0 Å². The molecule has 0 aliphatic rings. The summed E-state index contributed by atoms with van der Waals surface area (Å²) in [5.74, 6) is 0. The molecule has 0 aromatic carbocycles. The van der Waals surface area contributed by atoms with Crippen LogP contribution >= 0.6 is 0 Å². The minimum absolute atomic E-state index is 0.0257. The Morgan fingerprint density at radius 2 is 1.40 bits per heavy atom. The van der Waals surface area contributed by atoms with Crippen LogP contribution in [-0.2, 0) is 9.47 Å². The van der Waals surface area contributed by atoms with E-state index in [4.69, 9.17) is 9.47 Å². The molecule has 2 atom stereocenters. The molecule has 0 aromatic heterocycles. The minimum atomic E-state index is 0.0257. The van der Waals surface area contributed by atoms with Crippen LogP contribution in [0.5, 0.6) is 0 Å². The molecule has 0 aromatic rings. The summed E-state index contributed by atoms with van der Waals surface area (Å²) < 4.78 is 11.0. The van der Waals surface area contributed by atoms with E-state index < -0.39 is 0 Å². The summed E-state index contributed by atoms with van der Waals surface area (Å²) >= 11 is 0. The lowest BCUT2D eigenvalue weighted by Gasteiger charge is -2.23. The number of hydrogen-bond acceptors (Lipinski definition) is 3. The second-order valence-electron chi connectivity index (χ2n) is 3.20. The highest BCUT2D eigenvalue weighted by Gasteiger charge is 2.11. The summed E-state index contributed by atoms with van der Waals surface area (Å²) in [4.78, 5) is 0. The molecule has 15 heavy (non-hydrogen) atoms. The van der Waals surface area contributed by atoms with Gasteiger partial charge in [0.1, 0.15) is 12.5 Å². The maximum atomic E-state index is 5.52. The van der Waals surface area contributed by atoms with E-state index in [9.17, 15) is 0 Å². The van der Waals surface area contributed by atoms with Crippen molar-refractivity contribution in [3.8, 4) is 0 Å². The normalized spacial score (nSPS) is 14.5. The largest absolute Gasteiger partial charge is 0.359 e. The van der Waals surface area contributed by atoms with Gasteiger partial charge in [0.05, 0.1) is 13.2 Å². The van der Waals surface area contributed by atoms with Crippen molar-refractivity contribution in [2.45, 2.75) is 39.1 Å². The van der Waals surface area contributed by atoms with E-state index >= 15 is 0 Å². The average molecular weight is 213 g/mol. The monoisotopic (exact) mass is 213 g/mol. The zero-order valence-electron chi connectivity index (χ0n) is 9.87. The van der Waals surface area contributed by atoms with Crippen molar-refractivity contribution < 1.29 is 9.47 Å². The lowest BCUT2D eigenvalue weighted by molar-refractivity contribution is -0.0331. The Morgan fingerprint density at radius 3 is 1.67 bits per heavy atom. The van der Waals surface area contributed by atoms with Crippen LogP contribution in [0.1, 0.15) is 26.7 Å². The van der Waals surface area contributed by atoms with Crippen LogP contribution in [0.25, 0.3) is 0 Å². The first-order valence-electron chi connectivity index (χ1n) is 5.49. The zero-order chi connectivity index (χ0) is 11.5. The SMILES string of the molecule is C=CCOC(CC)NC(CC)OCC=C. The number of nitrogens with one attached hydrogen (secondary N) is 1. The van der Waals surface area contributed by atoms with Gasteiger partial charge in [0, 0.05) is 0 Å². The Bertz CT molecular complexity index is 153. The molecule has 0 radical (unpaired) electrons. The Hall–Kier alpha value is -0.640. The standard InChI is InChI=1S/C12H23NO2/c1-5-9-14-11(7-3)13-12(8-4)15-10-6-2/h5-6,11-13H,1-2,7-10H2,3-4H3. The third-order valence-electron chi connectivity index (χ3n) is 1.94. The Labute approximate surface area is 93.2 Å². The maximum absolute atomic E-state index is 5.52. The fourth-order valence-corrected chi connectivity index (χ4v) is 1.14. The summed E-state index contributed by atoms with van der Waals surface area (Å²) in [6.45, 7) is 12.5. The van der Waals surface area contributed by atoms with Crippen LogP contribution in [0.4, 0.5) is 0 Å². The fraction of sp³-hybridized carbons (Fsp3) is 0.667. The van der Waals surface area contributed by atoms with Crippen molar-refractivity contribution in [3.63, 3.8) is 0 Å². The highest BCUT2D eigenvalue weighted by atomic mass is 16.5. The van der Waals surface area contributed by atoms with Gasteiger partial charge in [0.2, 0.25) is 0 Å². The van der Waals surface area contributed by atoms with Crippen LogP contribution in [-0.4, -0.2) is 25.7 Å². The molecule has 0 rings (SSSR count). The van der Waals surface area contributed by atoms with Gasteiger partial charge in [-0.2, -0.15) is 0 Å². The molecular weight excluding hydrogens is 190 g/mol. The Kier molecular flexibility index (Phi) is 9.48. The highest BCUT2D eigenvalue weighted by Crippen LogP contribution is 2.01. The first kappa shape index (κ1) is 14.4. The van der Waals surface area contributed by atoms with Crippen LogP contribution < -0.4 is 5.32 Å². The van der Waals surface area contributed by atoms with Crippen molar-refractivity contribution in [1.82, 2.24) is 5.32 Å². The summed E-state index contributed by atoms with van der Waals surface area (Å²) in [5.41, 5.74) is 0. The molecule has 88 valence electrons. The molecule has 1 N–H and O–H groups in total. The molecule has 0 saturated carbocycles. The van der Waals surface area contributed by atoms with E-state index in [1.165, 1.54) is 0 Å². The number of rotatable bonds is 10. The van der Waals surface area contributed by atoms with Crippen molar-refractivity contribution in [2.24, 2.45) is 0 Å². The lowest BCUT2D eigenvalue weighted by atomic mass is 10.3. The van der Waals surface area contributed by atoms with Crippen molar-refractivity contribution in [1.29, 1.82) is 0 Å². The summed E-state index contributed by atoms with van der Waals surface area (Å²) in [6.07, 6.45) is 5.35. The Morgan fingerprint density at radius 1 is 1.00 bits per heavy atom. The van der Waals surface area contributed by atoms with Crippen LogP contribution in [0.3, 0.4) is 0 Å². The second kappa shape index (κ2) is 9.90. The maximum Gasteiger partial charge on any atom is 0.110 e. The van der Waals surface area contributed by atoms with Gasteiger partial charge in [-0.1, -0.05) is 26.0 Å². The van der Waals surface area contributed by atoms with Crippen LogP contribution in [0, 0.1) is 0 Å². The molecule has 0 saturated heterocycles. The average Bonchev–Trinajstić information content (AvgIpc) is 2.28. The van der Waals surface area contributed by atoms with E-state index in [-0.39, 0.29) is 12.5 Å². The highest BCUT2D eigenvalue weighted by molar-refractivity contribution is 4.68. The lowest BCUT2D eigenvalue weighted by Crippen LogP contribution is -2.41. The zero-order valence-corrected chi connectivity index (χ0v) is 9.87. The van der Waals surface area contributed by atoms with Gasteiger partial charge in [-0.05, 0) is 12.8 Å². The van der Waals surface area contributed by atoms with E-state index in [1.807, 2.05) is 0 Å². The molecule has 0 spiro atoms. The van der Waals surface area contributed by atoms with E-state index in [0.29, 0.717) is 13.2 Å². The number of hydrogen-bond donors (Lipinski definition) is 1. The molecule has 0 heterocycles. The molecule has 0 bridgehead atoms. The molecule has 3 nitrogen and oxygen atoms in total.